The molecule has 2 aromatic carbocycles. The second-order valence-electron chi connectivity index (χ2n) is 10.5. The van der Waals surface area contributed by atoms with E-state index in [1.54, 1.807) is 18.2 Å². The zero-order chi connectivity index (χ0) is 28.1. The van der Waals surface area contributed by atoms with Crippen LogP contribution in [0.4, 0.5) is 8.78 Å². The Morgan fingerprint density at radius 3 is 2.35 bits per heavy atom. The average Bonchev–Trinajstić information content (AvgIpc) is 3.48. The number of fused-ring (bicyclic) bond motifs is 1. The first kappa shape index (κ1) is 29.1. The number of aromatic nitrogens is 2. The van der Waals surface area contributed by atoms with E-state index in [2.05, 4.69) is 10.3 Å². The lowest BCUT2D eigenvalue weighted by Gasteiger charge is -2.24. The van der Waals surface area contributed by atoms with Crippen LogP contribution in [0.1, 0.15) is 60.9 Å². The van der Waals surface area contributed by atoms with Gasteiger partial charge in [0, 0.05) is 18.2 Å². The fraction of sp³-hybridized carbons (Fsp3) is 0.393. The number of carbonyl (C=O) groups excluding carboxylic acids is 1. The highest BCUT2D eigenvalue weighted by Crippen LogP contribution is 2.47. The predicted octanol–water partition coefficient (Wildman–Crippen LogP) is 3.78. The number of nitrogens with zero attached hydrogens (tertiary/aromatic N) is 2. The van der Waals surface area contributed by atoms with Crippen LogP contribution in [0.15, 0.2) is 47.3 Å². The zero-order valence-electron chi connectivity index (χ0n) is 21.7. The van der Waals surface area contributed by atoms with Crippen molar-refractivity contribution in [1.82, 2.24) is 14.9 Å². The van der Waals surface area contributed by atoms with Crippen LogP contribution in [0.3, 0.4) is 0 Å². The Kier molecular flexibility index (Phi) is 7.72. The Balaban J connectivity index is 0.00000370. The normalized spacial score (nSPS) is 17.2. The quantitative estimate of drug-likeness (QED) is 0.183. The summed E-state index contributed by atoms with van der Waals surface area (Å²) in [6.07, 6.45) is 4.32. The number of carbonyl (C=O) groups is 2. The monoisotopic (exact) mass is 573 g/mol. The maximum Gasteiger partial charge on any atom is 0.320 e. The molecule has 0 radical (unpaired) electrons. The van der Waals surface area contributed by atoms with E-state index in [1.165, 1.54) is 19.2 Å². The highest BCUT2D eigenvalue weighted by atomic mass is 35.5. The predicted molar refractivity (Wildman–Crippen MR) is 147 cm³/mol. The minimum Gasteiger partial charge on any atom is -0.481 e. The van der Waals surface area contributed by atoms with Crippen molar-refractivity contribution in [2.45, 2.75) is 50.0 Å². The smallest absolute Gasteiger partial charge is 0.320 e. The summed E-state index contributed by atoms with van der Waals surface area (Å²) in [4.78, 5) is 42.1. The van der Waals surface area contributed by atoms with Crippen molar-refractivity contribution in [3.05, 3.63) is 75.2 Å². The largest absolute Gasteiger partial charge is 0.481 e. The van der Waals surface area contributed by atoms with E-state index in [0.717, 1.165) is 29.5 Å². The average molecular weight is 574 g/mol. The summed E-state index contributed by atoms with van der Waals surface area (Å²) in [7, 11) is 1.39. The van der Waals surface area contributed by atoms with Gasteiger partial charge in [0.25, 0.3) is 5.56 Å². The third-order valence-corrected chi connectivity index (χ3v) is 8.02. The minimum absolute atomic E-state index is 0. The SMILES string of the molecule is Cl.Cn1c(=O)c(C(F)(F)c2ccc(C(=N)N)cc2)nc2cc(C3(NC(=O)C(C(=O)O)C4CCCC4)CC3)ccc21. The van der Waals surface area contributed by atoms with Gasteiger partial charge in [-0.1, -0.05) is 43.2 Å². The lowest BCUT2D eigenvalue weighted by Crippen LogP contribution is -2.44. The summed E-state index contributed by atoms with van der Waals surface area (Å²) in [6.45, 7) is 0. The van der Waals surface area contributed by atoms with Gasteiger partial charge in [-0.15, -0.1) is 12.4 Å². The number of rotatable bonds is 8. The topological polar surface area (TPSA) is 151 Å². The number of nitrogens with two attached hydrogens (primary N) is 1. The van der Waals surface area contributed by atoms with Crippen molar-refractivity contribution in [2.24, 2.45) is 24.6 Å². The van der Waals surface area contributed by atoms with Gasteiger partial charge in [-0.05, 0) is 49.3 Å². The molecule has 12 heteroatoms. The second kappa shape index (κ2) is 10.6. The van der Waals surface area contributed by atoms with Crippen molar-refractivity contribution < 1.29 is 23.5 Å². The molecule has 9 nitrogen and oxygen atoms in total. The third-order valence-electron chi connectivity index (χ3n) is 8.02. The number of hydrogen-bond donors (Lipinski definition) is 4. The van der Waals surface area contributed by atoms with E-state index in [1.807, 2.05) is 0 Å². The minimum atomic E-state index is -3.73. The van der Waals surface area contributed by atoms with Crippen LogP contribution in [0, 0.1) is 17.2 Å². The van der Waals surface area contributed by atoms with Crippen molar-refractivity contribution in [1.29, 1.82) is 5.41 Å². The fourth-order valence-corrected chi connectivity index (χ4v) is 5.57. The molecule has 1 unspecified atom stereocenters. The molecular weight excluding hydrogens is 544 g/mol. The van der Waals surface area contributed by atoms with Gasteiger partial charge in [0.05, 0.1) is 16.6 Å². The summed E-state index contributed by atoms with van der Waals surface area (Å²) in [5.74, 6) is -7.02. The number of hydrogen-bond acceptors (Lipinski definition) is 5. The Bertz CT molecular complexity index is 1550. The molecule has 3 aromatic rings. The molecular formula is C28H30ClF2N5O4. The van der Waals surface area contributed by atoms with E-state index in [4.69, 9.17) is 11.1 Å². The number of aryl methyl sites for hydroxylation is 1. The van der Waals surface area contributed by atoms with Crippen molar-refractivity contribution >= 4 is 41.2 Å². The van der Waals surface area contributed by atoms with E-state index >= 15 is 8.78 Å². The molecule has 2 aliphatic carbocycles. The molecule has 1 amide bonds. The Labute approximate surface area is 234 Å². The first-order valence-corrected chi connectivity index (χ1v) is 12.8. The van der Waals surface area contributed by atoms with Gasteiger partial charge in [0.15, 0.2) is 5.69 Å². The molecule has 0 saturated heterocycles. The van der Waals surface area contributed by atoms with Crippen LogP contribution < -0.4 is 16.6 Å². The molecule has 212 valence electrons. The molecule has 2 fully saturated rings. The van der Waals surface area contributed by atoms with E-state index in [0.29, 0.717) is 36.8 Å². The zero-order valence-corrected chi connectivity index (χ0v) is 22.6. The molecule has 40 heavy (non-hydrogen) atoms. The van der Waals surface area contributed by atoms with E-state index < -0.39 is 46.1 Å². The molecule has 2 saturated carbocycles. The van der Waals surface area contributed by atoms with Crippen molar-refractivity contribution in [2.75, 3.05) is 0 Å². The fourth-order valence-electron chi connectivity index (χ4n) is 5.57. The van der Waals surface area contributed by atoms with Crippen molar-refractivity contribution in [3.8, 4) is 0 Å². The van der Waals surface area contributed by atoms with Crippen LogP contribution in [0.25, 0.3) is 11.0 Å². The number of amidine groups is 1. The molecule has 0 bridgehead atoms. The number of halogens is 3. The van der Waals surface area contributed by atoms with Crippen LogP contribution in [-0.2, 0) is 28.1 Å². The number of carboxylic acids is 1. The van der Waals surface area contributed by atoms with Crippen LogP contribution in [0.2, 0.25) is 0 Å². The molecule has 5 N–H and O–H groups in total. The second-order valence-corrected chi connectivity index (χ2v) is 10.5. The molecule has 0 spiro atoms. The number of nitrogen functional groups attached to an aromatic ring is 1. The Hall–Kier alpha value is -3.86. The molecule has 1 atom stereocenters. The number of alkyl halides is 2. The van der Waals surface area contributed by atoms with Crippen LogP contribution in [0.5, 0.6) is 0 Å². The molecule has 1 heterocycles. The van der Waals surface area contributed by atoms with Crippen LogP contribution in [-0.4, -0.2) is 32.4 Å². The number of aliphatic carboxylic acids is 1. The van der Waals surface area contributed by atoms with Gasteiger partial charge in [-0.2, -0.15) is 8.78 Å². The van der Waals surface area contributed by atoms with Crippen LogP contribution >= 0.6 is 12.4 Å². The first-order valence-electron chi connectivity index (χ1n) is 12.8. The van der Waals surface area contributed by atoms with Gasteiger partial charge >= 0.3 is 11.9 Å². The summed E-state index contributed by atoms with van der Waals surface area (Å²) in [6, 6.07) is 9.66. The van der Waals surface area contributed by atoms with E-state index in [-0.39, 0.29) is 35.2 Å². The number of carboxylic acid groups (broad SMARTS) is 1. The maximum absolute atomic E-state index is 15.5. The van der Waals surface area contributed by atoms with Gasteiger partial charge < -0.3 is 20.7 Å². The van der Waals surface area contributed by atoms with E-state index in [9.17, 15) is 19.5 Å². The standard InChI is InChI=1S/C28H29F2N5O4.ClH/c1-35-20-11-10-18(27(12-13-27)34-24(36)21(26(38)39)15-4-2-3-5-15)14-19(20)33-22(25(35)37)28(29,30)17-8-6-16(7-9-17)23(31)32;/h6-11,14-15,21H,2-5,12-13H2,1H3,(H3,31,32)(H,34,36)(H,38,39);1H. The highest BCUT2D eigenvalue weighted by Gasteiger charge is 2.49. The Morgan fingerprint density at radius 1 is 1.18 bits per heavy atom. The summed E-state index contributed by atoms with van der Waals surface area (Å²) in [5.41, 5.74) is 3.61. The lowest BCUT2D eigenvalue weighted by molar-refractivity contribution is -0.149. The molecule has 5 rings (SSSR count). The lowest BCUT2D eigenvalue weighted by atomic mass is 9.89. The third kappa shape index (κ3) is 5.05. The molecule has 2 aliphatic rings. The molecule has 1 aromatic heterocycles. The van der Waals surface area contributed by atoms with Gasteiger partial charge in [0.1, 0.15) is 11.8 Å². The van der Waals surface area contributed by atoms with Crippen molar-refractivity contribution in [3.63, 3.8) is 0 Å². The summed E-state index contributed by atoms with van der Waals surface area (Å²) in [5, 5.41) is 20.1. The molecule has 0 aliphatic heterocycles. The number of nitrogens with one attached hydrogen (secondary N) is 2. The first-order chi connectivity index (χ1) is 18.4. The van der Waals surface area contributed by atoms with Gasteiger partial charge in [0.2, 0.25) is 5.91 Å². The number of benzene rings is 2. The summed E-state index contributed by atoms with van der Waals surface area (Å²) < 4.78 is 32.2. The summed E-state index contributed by atoms with van der Waals surface area (Å²) >= 11 is 0. The maximum atomic E-state index is 15.5. The Morgan fingerprint density at radius 2 is 1.80 bits per heavy atom. The van der Waals surface area contributed by atoms with Gasteiger partial charge in [-0.25, -0.2) is 4.98 Å². The van der Waals surface area contributed by atoms with Gasteiger partial charge in [-0.3, -0.25) is 19.8 Å². The number of amides is 1. The highest BCUT2D eigenvalue weighted by molar-refractivity contribution is 5.98.